The van der Waals surface area contributed by atoms with Gasteiger partial charge in [0.2, 0.25) is 10.0 Å². The number of nitrogens with one attached hydrogen (secondary N) is 1. The number of nitrogens with zero attached hydrogens (tertiary/aromatic N) is 2. The Hall–Kier alpha value is -1.38. The molecule has 1 aliphatic carbocycles. The Kier molecular flexibility index (Phi) is 4.48. The van der Waals surface area contributed by atoms with E-state index in [0.717, 1.165) is 30.5 Å². The van der Waals surface area contributed by atoms with Crippen LogP contribution in [0.3, 0.4) is 0 Å². The molecule has 0 bridgehead atoms. The minimum absolute atomic E-state index is 0.130. The summed E-state index contributed by atoms with van der Waals surface area (Å²) >= 11 is 3.31. The molecule has 124 valence electrons. The number of aryl methyl sites for hydroxylation is 1. The smallest absolute Gasteiger partial charge is 0.244 e. The molecule has 1 unspecified atom stereocenters. The van der Waals surface area contributed by atoms with Crippen molar-refractivity contribution in [2.75, 3.05) is 7.11 Å². The van der Waals surface area contributed by atoms with E-state index in [1.165, 1.54) is 7.11 Å². The summed E-state index contributed by atoms with van der Waals surface area (Å²) < 4.78 is 36.1. The lowest BCUT2D eigenvalue weighted by atomic mass is 9.94. The monoisotopic (exact) mass is 399 g/mol. The number of ether oxygens (including phenoxy) is 1. The van der Waals surface area contributed by atoms with E-state index < -0.39 is 10.0 Å². The van der Waals surface area contributed by atoms with Gasteiger partial charge in [0.25, 0.3) is 0 Å². The fourth-order valence-corrected chi connectivity index (χ4v) is 4.90. The van der Waals surface area contributed by atoms with Crippen molar-refractivity contribution < 1.29 is 13.2 Å². The maximum absolute atomic E-state index is 12.8. The van der Waals surface area contributed by atoms with Gasteiger partial charge < -0.3 is 4.74 Å². The van der Waals surface area contributed by atoms with Crippen molar-refractivity contribution in [2.45, 2.75) is 30.2 Å². The molecular weight excluding hydrogens is 382 g/mol. The van der Waals surface area contributed by atoms with Crippen molar-refractivity contribution in [3.63, 3.8) is 0 Å². The van der Waals surface area contributed by atoms with Crippen LogP contribution in [0, 0.1) is 0 Å². The van der Waals surface area contributed by atoms with E-state index >= 15 is 0 Å². The molecule has 0 spiro atoms. The third-order valence-electron chi connectivity index (χ3n) is 4.09. The Morgan fingerprint density at radius 2 is 2.22 bits per heavy atom. The Morgan fingerprint density at radius 1 is 1.43 bits per heavy atom. The third-order valence-corrected chi connectivity index (χ3v) is 6.07. The van der Waals surface area contributed by atoms with Gasteiger partial charge in [-0.05, 0) is 37.5 Å². The fourth-order valence-electron chi connectivity index (χ4n) is 2.94. The van der Waals surface area contributed by atoms with Crippen LogP contribution in [0.15, 0.2) is 33.8 Å². The SMILES string of the molecule is COc1ccc(Br)cc1S(=O)(=O)NC1CCCc2c1cnn2C. The molecule has 1 heterocycles. The number of hydrogen-bond donors (Lipinski definition) is 1. The van der Waals surface area contributed by atoms with Crippen LogP contribution < -0.4 is 9.46 Å². The molecule has 1 aliphatic rings. The summed E-state index contributed by atoms with van der Waals surface area (Å²) in [6.07, 6.45) is 4.35. The van der Waals surface area contributed by atoms with E-state index in [4.69, 9.17) is 4.74 Å². The minimum Gasteiger partial charge on any atom is -0.495 e. The van der Waals surface area contributed by atoms with Gasteiger partial charge in [0.1, 0.15) is 10.6 Å². The summed E-state index contributed by atoms with van der Waals surface area (Å²) in [5.41, 5.74) is 2.04. The maximum atomic E-state index is 12.8. The quantitative estimate of drug-likeness (QED) is 0.856. The van der Waals surface area contributed by atoms with Crippen LogP contribution in [0.4, 0.5) is 0 Å². The molecule has 8 heteroatoms. The van der Waals surface area contributed by atoms with Gasteiger partial charge in [-0.1, -0.05) is 15.9 Å². The number of aromatic nitrogens is 2. The molecule has 0 aliphatic heterocycles. The molecule has 1 aromatic heterocycles. The number of rotatable bonds is 4. The van der Waals surface area contributed by atoms with Crippen LogP contribution in [0.1, 0.15) is 30.1 Å². The Labute approximate surface area is 144 Å². The van der Waals surface area contributed by atoms with Gasteiger partial charge in [-0.2, -0.15) is 5.10 Å². The van der Waals surface area contributed by atoms with Gasteiger partial charge >= 0.3 is 0 Å². The molecule has 6 nitrogen and oxygen atoms in total. The first-order chi connectivity index (χ1) is 10.9. The lowest BCUT2D eigenvalue weighted by molar-refractivity contribution is 0.401. The number of benzene rings is 1. The largest absolute Gasteiger partial charge is 0.495 e. The van der Waals surface area contributed by atoms with Crippen LogP contribution in [0.2, 0.25) is 0 Å². The number of halogens is 1. The molecule has 0 radical (unpaired) electrons. The highest BCUT2D eigenvalue weighted by atomic mass is 79.9. The van der Waals surface area contributed by atoms with Gasteiger partial charge in [0.05, 0.1) is 19.3 Å². The summed E-state index contributed by atoms with van der Waals surface area (Å²) in [5.74, 6) is 0.322. The summed E-state index contributed by atoms with van der Waals surface area (Å²) in [6.45, 7) is 0. The molecule has 0 saturated carbocycles. The van der Waals surface area contributed by atoms with Gasteiger partial charge in [-0.25, -0.2) is 13.1 Å². The van der Waals surface area contributed by atoms with Crippen molar-refractivity contribution in [1.82, 2.24) is 14.5 Å². The van der Waals surface area contributed by atoms with Gasteiger partial charge in [-0.3, -0.25) is 4.68 Å². The molecule has 23 heavy (non-hydrogen) atoms. The number of sulfonamides is 1. The third kappa shape index (κ3) is 3.15. The van der Waals surface area contributed by atoms with Crippen LogP contribution in [0.5, 0.6) is 5.75 Å². The van der Waals surface area contributed by atoms with Gasteiger partial charge in [0.15, 0.2) is 0 Å². The first-order valence-electron chi connectivity index (χ1n) is 7.29. The summed E-state index contributed by atoms with van der Waals surface area (Å²) in [5, 5.41) is 4.25. The first-order valence-corrected chi connectivity index (χ1v) is 9.56. The van der Waals surface area contributed by atoms with Crippen molar-refractivity contribution >= 4 is 26.0 Å². The summed E-state index contributed by atoms with van der Waals surface area (Å²) in [7, 11) is -0.358. The predicted molar refractivity (Wildman–Crippen MR) is 89.9 cm³/mol. The highest BCUT2D eigenvalue weighted by Crippen LogP contribution is 2.33. The topological polar surface area (TPSA) is 73.2 Å². The maximum Gasteiger partial charge on any atom is 0.244 e. The van der Waals surface area contributed by atoms with E-state index in [1.54, 1.807) is 24.4 Å². The molecule has 3 rings (SSSR count). The number of hydrogen-bond acceptors (Lipinski definition) is 4. The lowest BCUT2D eigenvalue weighted by Crippen LogP contribution is -2.31. The van der Waals surface area contributed by atoms with E-state index in [-0.39, 0.29) is 10.9 Å². The second kappa shape index (κ2) is 6.26. The second-order valence-corrected chi connectivity index (χ2v) is 8.13. The molecule has 1 atom stereocenters. The highest BCUT2D eigenvalue weighted by Gasteiger charge is 2.29. The summed E-state index contributed by atoms with van der Waals surface area (Å²) in [6, 6.07) is 4.67. The summed E-state index contributed by atoms with van der Waals surface area (Å²) in [4.78, 5) is 0.130. The van der Waals surface area contributed by atoms with Crippen molar-refractivity contribution in [1.29, 1.82) is 0 Å². The van der Waals surface area contributed by atoms with E-state index in [0.29, 0.717) is 10.2 Å². The van der Waals surface area contributed by atoms with Crippen LogP contribution in [-0.4, -0.2) is 25.3 Å². The number of methoxy groups -OCH3 is 1. The Balaban J connectivity index is 1.95. The minimum atomic E-state index is -3.70. The van der Waals surface area contributed by atoms with Crippen molar-refractivity contribution in [2.24, 2.45) is 7.05 Å². The zero-order valence-electron chi connectivity index (χ0n) is 12.9. The molecule has 1 N–H and O–H groups in total. The van der Waals surface area contributed by atoms with Gasteiger partial charge in [-0.15, -0.1) is 0 Å². The number of fused-ring (bicyclic) bond motifs is 1. The molecule has 2 aromatic rings. The second-order valence-electron chi connectivity index (χ2n) is 5.53. The Bertz CT molecular complexity index is 832. The zero-order chi connectivity index (χ0) is 16.6. The zero-order valence-corrected chi connectivity index (χ0v) is 15.3. The molecular formula is C15H18BrN3O3S. The molecule has 0 saturated heterocycles. The Morgan fingerprint density at radius 3 is 2.96 bits per heavy atom. The molecule has 0 amide bonds. The average molecular weight is 400 g/mol. The van der Waals surface area contributed by atoms with E-state index in [9.17, 15) is 8.42 Å². The van der Waals surface area contributed by atoms with Crippen LogP contribution in [-0.2, 0) is 23.5 Å². The van der Waals surface area contributed by atoms with Gasteiger partial charge in [0, 0.05) is 22.8 Å². The molecule has 0 fully saturated rings. The van der Waals surface area contributed by atoms with Crippen molar-refractivity contribution in [3.8, 4) is 5.75 Å². The molecule has 1 aromatic carbocycles. The average Bonchev–Trinajstić information content (AvgIpc) is 2.90. The highest BCUT2D eigenvalue weighted by molar-refractivity contribution is 9.10. The van der Waals surface area contributed by atoms with E-state index in [1.807, 2.05) is 11.7 Å². The van der Waals surface area contributed by atoms with Crippen LogP contribution >= 0.6 is 15.9 Å². The van der Waals surface area contributed by atoms with Crippen molar-refractivity contribution in [3.05, 3.63) is 40.1 Å². The predicted octanol–water partition coefficient (Wildman–Crippen LogP) is 2.55. The lowest BCUT2D eigenvalue weighted by Gasteiger charge is -2.24. The fraction of sp³-hybridized carbons (Fsp3) is 0.400. The van der Waals surface area contributed by atoms with Crippen LogP contribution in [0.25, 0.3) is 0 Å². The van der Waals surface area contributed by atoms with E-state index in [2.05, 4.69) is 25.8 Å². The standard InChI is InChI=1S/C15H18BrN3O3S/c1-19-13-5-3-4-12(11(13)9-17-19)18-23(20,21)15-8-10(16)6-7-14(15)22-2/h6-9,12,18H,3-5H2,1-2H3. The normalized spacial score (nSPS) is 17.8. The first kappa shape index (κ1) is 16.5.